The third-order valence-corrected chi connectivity index (χ3v) is 3.26. The molecule has 0 saturated carbocycles. The van der Waals surface area contributed by atoms with Crippen LogP contribution < -0.4 is 9.47 Å². The van der Waals surface area contributed by atoms with Gasteiger partial charge in [0.2, 0.25) is 0 Å². The largest absolute Gasteiger partial charge is 0.497 e. The molecule has 0 fully saturated rings. The first-order valence-electron chi connectivity index (χ1n) is 6.18. The van der Waals surface area contributed by atoms with Crippen LogP contribution in [0.3, 0.4) is 0 Å². The van der Waals surface area contributed by atoms with Crippen LogP contribution >= 0.6 is 0 Å². The maximum Gasteiger partial charge on any atom is 0.128 e. The Kier molecular flexibility index (Phi) is 2.95. The predicted molar refractivity (Wildman–Crippen MR) is 75.3 cm³/mol. The summed E-state index contributed by atoms with van der Waals surface area (Å²) in [5, 5.41) is 0. The molecule has 3 nitrogen and oxygen atoms in total. The molecule has 1 unspecified atom stereocenters. The van der Waals surface area contributed by atoms with Gasteiger partial charge in [-0.2, -0.15) is 0 Å². The van der Waals surface area contributed by atoms with Crippen LogP contribution in [0, 0.1) is 0 Å². The Hall–Kier alpha value is -2.29. The van der Waals surface area contributed by atoms with Crippen molar-refractivity contribution in [2.45, 2.75) is 6.04 Å². The van der Waals surface area contributed by atoms with E-state index >= 15 is 0 Å². The molecule has 3 rings (SSSR count). The standard InChI is InChI=1S/C16H15NO2/c1-18-12-8-9-14(19-2)13(10-12)16-15(17-16)11-6-4-3-5-7-11/h3-10,15H,1-2H3. The maximum absolute atomic E-state index is 5.39. The Morgan fingerprint density at radius 1 is 0.947 bits per heavy atom. The molecule has 0 bridgehead atoms. The summed E-state index contributed by atoms with van der Waals surface area (Å²) in [5.41, 5.74) is 3.28. The molecular weight excluding hydrogens is 238 g/mol. The average molecular weight is 253 g/mol. The van der Waals surface area contributed by atoms with Gasteiger partial charge in [-0.15, -0.1) is 0 Å². The Bertz CT molecular complexity index is 620. The molecule has 0 aromatic heterocycles. The number of rotatable bonds is 4. The summed E-state index contributed by atoms with van der Waals surface area (Å²) in [6.07, 6.45) is 0. The highest BCUT2D eigenvalue weighted by Crippen LogP contribution is 2.39. The minimum Gasteiger partial charge on any atom is -0.497 e. The Labute approximate surface area is 112 Å². The number of ether oxygens (including phenoxy) is 2. The zero-order chi connectivity index (χ0) is 13.2. The molecule has 19 heavy (non-hydrogen) atoms. The first-order valence-corrected chi connectivity index (χ1v) is 6.18. The van der Waals surface area contributed by atoms with Gasteiger partial charge < -0.3 is 9.47 Å². The quantitative estimate of drug-likeness (QED) is 0.837. The zero-order valence-corrected chi connectivity index (χ0v) is 11.0. The van der Waals surface area contributed by atoms with Gasteiger partial charge in [0.25, 0.3) is 0 Å². The monoisotopic (exact) mass is 253 g/mol. The van der Waals surface area contributed by atoms with Crippen molar-refractivity contribution in [3.8, 4) is 11.5 Å². The third kappa shape index (κ3) is 2.19. The molecule has 2 aromatic rings. The zero-order valence-electron chi connectivity index (χ0n) is 11.0. The summed E-state index contributed by atoms with van der Waals surface area (Å²) in [7, 11) is 3.33. The van der Waals surface area contributed by atoms with Crippen molar-refractivity contribution in [2.75, 3.05) is 14.2 Å². The van der Waals surface area contributed by atoms with E-state index in [4.69, 9.17) is 9.47 Å². The van der Waals surface area contributed by atoms with Gasteiger partial charge >= 0.3 is 0 Å². The van der Waals surface area contributed by atoms with E-state index in [2.05, 4.69) is 17.1 Å². The fourth-order valence-corrected chi connectivity index (χ4v) is 2.20. The lowest BCUT2D eigenvalue weighted by molar-refractivity contribution is 0.402. The van der Waals surface area contributed by atoms with E-state index in [0.717, 1.165) is 22.8 Å². The minimum absolute atomic E-state index is 0.155. The van der Waals surface area contributed by atoms with E-state index in [9.17, 15) is 0 Å². The van der Waals surface area contributed by atoms with Crippen LogP contribution in [-0.2, 0) is 0 Å². The highest BCUT2D eigenvalue weighted by atomic mass is 16.5. The molecule has 0 saturated heterocycles. The van der Waals surface area contributed by atoms with Gasteiger partial charge in [-0.3, -0.25) is 4.99 Å². The number of aliphatic imine (C=N–C) groups is 1. The third-order valence-electron chi connectivity index (χ3n) is 3.26. The average Bonchev–Trinajstić information content (AvgIpc) is 3.28. The van der Waals surface area contributed by atoms with E-state index < -0.39 is 0 Å². The van der Waals surface area contributed by atoms with Crippen molar-refractivity contribution in [1.29, 1.82) is 0 Å². The molecule has 2 aromatic carbocycles. The molecule has 0 aliphatic carbocycles. The Balaban J connectivity index is 1.90. The molecule has 96 valence electrons. The first-order chi connectivity index (χ1) is 9.33. The molecule has 1 atom stereocenters. The van der Waals surface area contributed by atoms with Crippen LogP contribution in [0.25, 0.3) is 0 Å². The molecule has 0 N–H and O–H groups in total. The highest BCUT2D eigenvalue weighted by molar-refractivity contribution is 6.15. The molecule has 0 amide bonds. The Morgan fingerprint density at radius 2 is 1.74 bits per heavy atom. The van der Waals surface area contributed by atoms with Crippen LogP contribution in [0.5, 0.6) is 11.5 Å². The van der Waals surface area contributed by atoms with Gasteiger partial charge in [-0.05, 0) is 23.8 Å². The van der Waals surface area contributed by atoms with Crippen molar-refractivity contribution in [3.05, 3.63) is 59.7 Å². The molecule has 1 heterocycles. The summed E-state index contributed by atoms with van der Waals surface area (Å²) < 4.78 is 10.7. The minimum atomic E-state index is 0.155. The van der Waals surface area contributed by atoms with Crippen LogP contribution in [0.15, 0.2) is 53.5 Å². The van der Waals surface area contributed by atoms with E-state index in [0.29, 0.717) is 0 Å². The number of benzene rings is 2. The van der Waals surface area contributed by atoms with Gasteiger partial charge in [0.1, 0.15) is 17.5 Å². The van der Waals surface area contributed by atoms with E-state index in [1.165, 1.54) is 5.56 Å². The highest BCUT2D eigenvalue weighted by Gasteiger charge is 2.32. The number of hydrogen-bond donors (Lipinski definition) is 0. The van der Waals surface area contributed by atoms with E-state index in [-0.39, 0.29) is 6.04 Å². The van der Waals surface area contributed by atoms with Crippen molar-refractivity contribution in [1.82, 2.24) is 0 Å². The molecule has 0 radical (unpaired) electrons. The molecule has 3 heteroatoms. The van der Waals surface area contributed by atoms with Crippen LogP contribution in [0.2, 0.25) is 0 Å². The topological polar surface area (TPSA) is 30.8 Å². The second-order valence-electron chi connectivity index (χ2n) is 4.39. The van der Waals surface area contributed by atoms with Gasteiger partial charge in [-0.1, -0.05) is 30.3 Å². The molecular formula is C16H15NO2. The summed E-state index contributed by atoms with van der Waals surface area (Å²) in [4.78, 5) is 4.56. The van der Waals surface area contributed by atoms with Gasteiger partial charge in [0, 0.05) is 5.56 Å². The van der Waals surface area contributed by atoms with E-state index in [1.54, 1.807) is 14.2 Å². The van der Waals surface area contributed by atoms with Crippen LogP contribution in [0.4, 0.5) is 0 Å². The van der Waals surface area contributed by atoms with Crippen molar-refractivity contribution in [2.24, 2.45) is 4.99 Å². The normalized spacial score (nSPS) is 16.7. The molecule has 1 aliphatic rings. The first kappa shape index (κ1) is 11.8. The van der Waals surface area contributed by atoms with Crippen LogP contribution in [-0.4, -0.2) is 19.9 Å². The summed E-state index contributed by atoms with van der Waals surface area (Å²) in [6.45, 7) is 0. The van der Waals surface area contributed by atoms with Gasteiger partial charge in [0.05, 0.1) is 19.9 Å². The SMILES string of the molecule is COc1ccc(OC)c(C2=NC2c2ccccc2)c1. The number of methoxy groups -OCH3 is 2. The molecule has 1 aliphatic heterocycles. The number of nitrogens with zero attached hydrogens (tertiary/aromatic N) is 1. The van der Waals surface area contributed by atoms with Gasteiger partial charge in [-0.25, -0.2) is 0 Å². The fourth-order valence-electron chi connectivity index (χ4n) is 2.20. The van der Waals surface area contributed by atoms with Crippen molar-refractivity contribution in [3.63, 3.8) is 0 Å². The number of hydrogen-bond acceptors (Lipinski definition) is 3. The Morgan fingerprint density at radius 3 is 2.42 bits per heavy atom. The summed E-state index contributed by atoms with van der Waals surface area (Å²) in [5.74, 6) is 1.65. The lowest BCUT2D eigenvalue weighted by atomic mass is 10.0. The fraction of sp³-hybridized carbons (Fsp3) is 0.188. The second kappa shape index (κ2) is 4.76. The lowest BCUT2D eigenvalue weighted by Crippen LogP contribution is -1.98. The lowest BCUT2D eigenvalue weighted by Gasteiger charge is -2.07. The van der Waals surface area contributed by atoms with Gasteiger partial charge in [0.15, 0.2) is 0 Å². The second-order valence-corrected chi connectivity index (χ2v) is 4.39. The van der Waals surface area contributed by atoms with E-state index in [1.807, 2.05) is 36.4 Å². The summed E-state index contributed by atoms with van der Waals surface area (Å²) in [6, 6.07) is 16.2. The summed E-state index contributed by atoms with van der Waals surface area (Å²) >= 11 is 0. The maximum atomic E-state index is 5.39. The smallest absolute Gasteiger partial charge is 0.128 e. The molecule has 0 spiro atoms. The predicted octanol–water partition coefficient (Wildman–Crippen LogP) is 3.25. The van der Waals surface area contributed by atoms with Crippen LogP contribution in [0.1, 0.15) is 17.2 Å². The van der Waals surface area contributed by atoms with Crippen molar-refractivity contribution >= 4 is 5.71 Å². The van der Waals surface area contributed by atoms with Crippen molar-refractivity contribution < 1.29 is 9.47 Å².